The summed E-state index contributed by atoms with van der Waals surface area (Å²) >= 11 is 0. The van der Waals surface area contributed by atoms with Crippen LogP contribution in [0.25, 0.3) is 0 Å². The molecular weight excluding hydrogens is 204 g/mol. The molecule has 0 saturated heterocycles. The van der Waals surface area contributed by atoms with E-state index in [0.29, 0.717) is 17.5 Å². The van der Waals surface area contributed by atoms with Crippen LogP contribution >= 0.6 is 0 Å². The lowest BCUT2D eigenvalue weighted by Gasteiger charge is -2.15. The predicted octanol–water partition coefficient (Wildman–Crippen LogP) is 2.23. The molecule has 0 aromatic heterocycles. The van der Waals surface area contributed by atoms with Crippen LogP contribution in [0.5, 0.6) is 0 Å². The first-order valence-corrected chi connectivity index (χ1v) is 5.26. The number of hydrogen-bond donors (Lipinski definition) is 1. The summed E-state index contributed by atoms with van der Waals surface area (Å²) in [5.41, 5.74) is -0.530. The summed E-state index contributed by atoms with van der Waals surface area (Å²) < 4.78 is 0. The molecule has 0 amide bonds. The van der Waals surface area contributed by atoms with Gasteiger partial charge in [0, 0.05) is 17.5 Å². The molecule has 0 atom stereocenters. The first-order valence-electron chi connectivity index (χ1n) is 5.26. The Labute approximate surface area is 95.1 Å². The maximum absolute atomic E-state index is 11.8. The number of hydrogen-bond acceptors (Lipinski definition) is 3. The third kappa shape index (κ3) is 2.76. The molecule has 0 spiro atoms. The highest BCUT2D eigenvalue weighted by Gasteiger charge is 2.25. The topological polar surface area (TPSA) is 54.4 Å². The van der Waals surface area contributed by atoms with E-state index >= 15 is 0 Å². The quantitative estimate of drug-likeness (QED) is 0.792. The van der Waals surface area contributed by atoms with Crippen LogP contribution in [0.1, 0.15) is 47.9 Å². The summed E-state index contributed by atoms with van der Waals surface area (Å²) in [5.74, 6) is -0.386. The lowest BCUT2D eigenvalue weighted by Crippen LogP contribution is -2.31. The van der Waals surface area contributed by atoms with E-state index in [-0.39, 0.29) is 11.6 Å². The van der Waals surface area contributed by atoms with Gasteiger partial charge in [-0.1, -0.05) is 25.1 Å². The third-order valence-electron chi connectivity index (χ3n) is 2.32. The van der Waals surface area contributed by atoms with Gasteiger partial charge in [-0.25, -0.2) is 0 Å². The average Bonchev–Trinajstić information content (AvgIpc) is 2.26. The predicted molar refractivity (Wildman–Crippen MR) is 61.7 cm³/mol. The molecule has 0 aliphatic carbocycles. The molecule has 1 aromatic carbocycles. The van der Waals surface area contributed by atoms with Crippen molar-refractivity contribution in [2.24, 2.45) is 0 Å². The van der Waals surface area contributed by atoms with Crippen LogP contribution in [0.4, 0.5) is 0 Å². The van der Waals surface area contributed by atoms with Gasteiger partial charge in [0.15, 0.2) is 11.6 Å². The smallest absolute Gasteiger partial charge is 0.193 e. The van der Waals surface area contributed by atoms with E-state index in [4.69, 9.17) is 0 Å². The van der Waals surface area contributed by atoms with Crippen LogP contribution in [0.3, 0.4) is 0 Å². The van der Waals surface area contributed by atoms with Crippen LogP contribution in [-0.4, -0.2) is 22.3 Å². The molecule has 3 nitrogen and oxygen atoms in total. The van der Waals surface area contributed by atoms with Gasteiger partial charge in [-0.3, -0.25) is 9.59 Å². The van der Waals surface area contributed by atoms with Crippen molar-refractivity contribution in [1.82, 2.24) is 0 Å². The van der Waals surface area contributed by atoms with Gasteiger partial charge in [-0.15, -0.1) is 0 Å². The SMILES string of the molecule is CCC(=O)c1cccc(C(=O)C(C)(C)O)c1. The summed E-state index contributed by atoms with van der Waals surface area (Å²) in [6.07, 6.45) is 0.403. The highest BCUT2D eigenvalue weighted by Crippen LogP contribution is 2.15. The minimum atomic E-state index is -1.41. The van der Waals surface area contributed by atoms with Gasteiger partial charge < -0.3 is 5.11 Å². The van der Waals surface area contributed by atoms with Crippen molar-refractivity contribution in [2.75, 3.05) is 0 Å². The van der Waals surface area contributed by atoms with Gasteiger partial charge in [0.2, 0.25) is 0 Å². The second-order valence-electron chi connectivity index (χ2n) is 4.25. The minimum absolute atomic E-state index is 0.00889. The van der Waals surface area contributed by atoms with E-state index in [1.54, 1.807) is 25.1 Å². The van der Waals surface area contributed by atoms with E-state index in [1.807, 2.05) is 0 Å². The summed E-state index contributed by atoms with van der Waals surface area (Å²) in [6.45, 7) is 4.64. The third-order valence-corrected chi connectivity index (χ3v) is 2.32. The van der Waals surface area contributed by atoms with Crippen LogP contribution in [0.2, 0.25) is 0 Å². The monoisotopic (exact) mass is 220 g/mol. The van der Waals surface area contributed by atoms with Crippen molar-refractivity contribution >= 4 is 11.6 Å². The van der Waals surface area contributed by atoms with E-state index < -0.39 is 5.60 Å². The Morgan fingerprint density at radius 2 is 1.81 bits per heavy atom. The van der Waals surface area contributed by atoms with E-state index in [9.17, 15) is 14.7 Å². The number of ketones is 2. The number of benzene rings is 1. The molecule has 1 N–H and O–H groups in total. The molecule has 0 heterocycles. The van der Waals surface area contributed by atoms with Gasteiger partial charge in [0.1, 0.15) is 5.60 Å². The Morgan fingerprint density at radius 1 is 1.25 bits per heavy atom. The van der Waals surface area contributed by atoms with E-state index in [2.05, 4.69) is 0 Å². The van der Waals surface area contributed by atoms with Crippen molar-refractivity contribution < 1.29 is 14.7 Å². The minimum Gasteiger partial charge on any atom is -0.382 e. The number of carbonyl (C=O) groups excluding carboxylic acids is 2. The molecule has 3 heteroatoms. The lowest BCUT2D eigenvalue weighted by atomic mass is 9.95. The van der Waals surface area contributed by atoms with Crippen molar-refractivity contribution in [3.63, 3.8) is 0 Å². The molecule has 16 heavy (non-hydrogen) atoms. The van der Waals surface area contributed by atoms with Crippen LogP contribution < -0.4 is 0 Å². The van der Waals surface area contributed by atoms with Gasteiger partial charge in [-0.05, 0) is 19.9 Å². The second kappa shape index (κ2) is 4.58. The molecule has 1 aromatic rings. The number of rotatable bonds is 4. The Kier molecular flexibility index (Phi) is 3.60. The second-order valence-corrected chi connectivity index (χ2v) is 4.25. The summed E-state index contributed by atoms with van der Waals surface area (Å²) in [4.78, 5) is 23.2. The Hall–Kier alpha value is -1.48. The van der Waals surface area contributed by atoms with Crippen molar-refractivity contribution in [2.45, 2.75) is 32.8 Å². The summed E-state index contributed by atoms with van der Waals surface area (Å²) in [7, 11) is 0. The number of Topliss-reactive ketones (excluding diaryl/α,β-unsaturated/α-hetero) is 2. The Bertz CT molecular complexity index is 413. The molecular formula is C13H16O3. The average molecular weight is 220 g/mol. The molecule has 0 radical (unpaired) electrons. The molecule has 0 unspecified atom stereocenters. The zero-order valence-corrected chi connectivity index (χ0v) is 9.78. The molecule has 0 fully saturated rings. The maximum atomic E-state index is 11.8. The fraction of sp³-hybridized carbons (Fsp3) is 0.385. The molecule has 0 aliphatic heterocycles. The highest BCUT2D eigenvalue weighted by atomic mass is 16.3. The molecule has 86 valence electrons. The Balaban J connectivity index is 3.09. The lowest BCUT2D eigenvalue weighted by molar-refractivity contribution is 0.0488. The largest absolute Gasteiger partial charge is 0.382 e. The highest BCUT2D eigenvalue weighted by molar-refractivity contribution is 6.04. The van der Waals surface area contributed by atoms with Crippen LogP contribution in [0.15, 0.2) is 24.3 Å². The molecule has 1 rings (SSSR count). The summed E-state index contributed by atoms with van der Waals surface area (Å²) in [5, 5.41) is 9.59. The normalized spacial score (nSPS) is 11.2. The first-order chi connectivity index (χ1) is 7.36. The zero-order valence-electron chi connectivity index (χ0n) is 9.78. The van der Waals surface area contributed by atoms with Gasteiger partial charge >= 0.3 is 0 Å². The van der Waals surface area contributed by atoms with Crippen molar-refractivity contribution in [3.8, 4) is 0 Å². The van der Waals surface area contributed by atoms with Crippen molar-refractivity contribution in [1.29, 1.82) is 0 Å². The molecule has 0 aliphatic rings. The zero-order chi connectivity index (χ0) is 12.3. The first kappa shape index (κ1) is 12.6. The fourth-order valence-electron chi connectivity index (χ4n) is 1.39. The van der Waals surface area contributed by atoms with E-state index in [1.165, 1.54) is 19.9 Å². The molecule has 0 saturated carbocycles. The van der Waals surface area contributed by atoms with Crippen molar-refractivity contribution in [3.05, 3.63) is 35.4 Å². The van der Waals surface area contributed by atoms with Crippen LogP contribution in [0, 0.1) is 0 Å². The van der Waals surface area contributed by atoms with Gasteiger partial charge in [0.25, 0.3) is 0 Å². The fourth-order valence-corrected chi connectivity index (χ4v) is 1.39. The number of aliphatic hydroxyl groups is 1. The maximum Gasteiger partial charge on any atom is 0.193 e. The standard InChI is InChI=1S/C13H16O3/c1-4-11(14)9-6-5-7-10(8-9)12(15)13(2,3)16/h5-8,16H,4H2,1-3H3. The molecule has 0 bridgehead atoms. The van der Waals surface area contributed by atoms with Crippen LogP contribution in [-0.2, 0) is 0 Å². The Morgan fingerprint density at radius 3 is 2.31 bits per heavy atom. The van der Waals surface area contributed by atoms with E-state index in [0.717, 1.165) is 0 Å². The van der Waals surface area contributed by atoms with Gasteiger partial charge in [0.05, 0.1) is 0 Å². The number of carbonyl (C=O) groups is 2. The summed E-state index contributed by atoms with van der Waals surface area (Å²) in [6, 6.07) is 6.47. The van der Waals surface area contributed by atoms with Gasteiger partial charge in [-0.2, -0.15) is 0 Å².